The Hall–Kier alpha value is -2.30. The zero-order chi connectivity index (χ0) is 15.4. The predicted molar refractivity (Wildman–Crippen MR) is 83.1 cm³/mol. The first kappa shape index (κ1) is 15.1. The van der Waals surface area contributed by atoms with Crippen LogP contribution in [-0.2, 0) is 0 Å². The summed E-state index contributed by atoms with van der Waals surface area (Å²) in [4.78, 5) is 8.67. The van der Waals surface area contributed by atoms with E-state index in [1.807, 2.05) is 38.1 Å². The molecule has 0 aliphatic rings. The highest BCUT2D eigenvalue weighted by molar-refractivity contribution is 5.46. The second-order valence-electron chi connectivity index (χ2n) is 4.92. The molecule has 5 nitrogen and oxygen atoms in total. The maximum atomic E-state index is 5.34. The molecule has 0 bridgehead atoms. The summed E-state index contributed by atoms with van der Waals surface area (Å²) in [6.07, 6.45) is 0. The van der Waals surface area contributed by atoms with Crippen molar-refractivity contribution >= 4 is 5.82 Å². The molecule has 0 saturated carbocycles. The van der Waals surface area contributed by atoms with Gasteiger partial charge in [0, 0.05) is 11.8 Å². The van der Waals surface area contributed by atoms with Crippen LogP contribution in [0.3, 0.4) is 0 Å². The Kier molecular flexibility index (Phi) is 4.62. The van der Waals surface area contributed by atoms with Crippen molar-refractivity contribution in [2.75, 3.05) is 19.5 Å². The van der Waals surface area contributed by atoms with Crippen molar-refractivity contribution in [1.82, 2.24) is 9.97 Å². The molecule has 5 heteroatoms. The fourth-order valence-electron chi connectivity index (χ4n) is 2.22. The van der Waals surface area contributed by atoms with Crippen LogP contribution < -0.4 is 14.8 Å². The minimum atomic E-state index is 0.0958. The van der Waals surface area contributed by atoms with E-state index in [1.54, 1.807) is 14.2 Å². The van der Waals surface area contributed by atoms with Crippen LogP contribution in [0.1, 0.15) is 30.0 Å². The highest BCUT2D eigenvalue weighted by atomic mass is 16.5. The lowest BCUT2D eigenvalue weighted by Gasteiger charge is -2.17. The second kappa shape index (κ2) is 6.43. The van der Waals surface area contributed by atoms with Gasteiger partial charge in [-0.1, -0.05) is 6.07 Å². The molecule has 1 aromatic carbocycles. The first-order valence-corrected chi connectivity index (χ1v) is 6.84. The number of nitrogens with zero attached hydrogens (tertiary/aromatic N) is 2. The molecule has 0 aliphatic carbocycles. The summed E-state index contributed by atoms with van der Waals surface area (Å²) in [5.74, 6) is 3.03. The zero-order valence-corrected chi connectivity index (χ0v) is 13.1. The Morgan fingerprint density at radius 3 is 2.33 bits per heavy atom. The average Bonchev–Trinajstić information content (AvgIpc) is 2.45. The summed E-state index contributed by atoms with van der Waals surface area (Å²) in [5.41, 5.74) is 2.05. The van der Waals surface area contributed by atoms with Crippen LogP contribution in [0.25, 0.3) is 0 Å². The first-order valence-electron chi connectivity index (χ1n) is 6.84. The summed E-state index contributed by atoms with van der Waals surface area (Å²) in [6.45, 7) is 5.92. The fraction of sp³-hybridized carbons (Fsp3) is 0.375. The number of anilines is 1. The lowest BCUT2D eigenvalue weighted by molar-refractivity contribution is 0.354. The zero-order valence-electron chi connectivity index (χ0n) is 13.1. The van der Waals surface area contributed by atoms with E-state index in [-0.39, 0.29) is 6.04 Å². The van der Waals surface area contributed by atoms with Crippen molar-refractivity contribution in [2.24, 2.45) is 0 Å². The molecule has 1 atom stereocenters. The van der Waals surface area contributed by atoms with Crippen LogP contribution in [-0.4, -0.2) is 24.2 Å². The van der Waals surface area contributed by atoms with Gasteiger partial charge >= 0.3 is 0 Å². The van der Waals surface area contributed by atoms with Crippen molar-refractivity contribution < 1.29 is 9.47 Å². The maximum Gasteiger partial charge on any atom is 0.161 e. The Labute approximate surface area is 125 Å². The molecule has 0 unspecified atom stereocenters. The van der Waals surface area contributed by atoms with Gasteiger partial charge in [-0.25, -0.2) is 9.97 Å². The maximum absolute atomic E-state index is 5.34. The quantitative estimate of drug-likeness (QED) is 0.914. The SMILES string of the molecule is COc1ccc([C@@H](C)Nc2cc(C)nc(C)n2)cc1OC. The second-order valence-corrected chi connectivity index (χ2v) is 4.92. The van der Waals surface area contributed by atoms with Crippen LogP contribution in [0.4, 0.5) is 5.82 Å². The Morgan fingerprint density at radius 1 is 1.00 bits per heavy atom. The number of aromatic nitrogens is 2. The molecule has 0 fully saturated rings. The normalized spacial score (nSPS) is 11.9. The van der Waals surface area contributed by atoms with E-state index in [9.17, 15) is 0 Å². The van der Waals surface area contributed by atoms with Crippen LogP contribution in [0, 0.1) is 13.8 Å². The van der Waals surface area contributed by atoms with Gasteiger partial charge in [0.05, 0.1) is 20.3 Å². The molecular formula is C16H21N3O2. The molecule has 1 aromatic heterocycles. The number of nitrogens with one attached hydrogen (secondary N) is 1. The number of hydrogen-bond acceptors (Lipinski definition) is 5. The fourth-order valence-corrected chi connectivity index (χ4v) is 2.22. The number of aryl methyl sites for hydroxylation is 2. The standard InChI is InChI=1S/C16H21N3O2/c1-10-8-16(19-12(3)17-10)18-11(2)13-6-7-14(20-4)15(9-13)21-5/h6-9,11H,1-5H3,(H,17,18,19)/t11-/m1/s1. The Balaban J connectivity index is 2.21. The third-order valence-electron chi connectivity index (χ3n) is 3.24. The van der Waals surface area contributed by atoms with Gasteiger partial charge in [-0.05, 0) is 38.5 Å². The molecule has 0 saturated heterocycles. The van der Waals surface area contributed by atoms with E-state index < -0.39 is 0 Å². The molecule has 1 heterocycles. The molecule has 0 radical (unpaired) electrons. The molecule has 1 N–H and O–H groups in total. The van der Waals surface area contributed by atoms with E-state index in [0.29, 0.717) is 0 Å². The third-order valence-corrected chi connectivity index (χ3v) is 3.24. The lowest BCUT2D eigenvalue weighted by Crippen LogP contribution is -2.09. The van der Waals surface area contributed by atoms with Crippen molar-refractivity contribution in [3.8, 4) is 11.5 Å². The lowest BCUT2D eigenvalue weighted by atomic mass is 10.1. The smallest absolute Gasteiger partial charge is 0.161 e. The van der Waals surface area contributed by atoms with Crippen LogP contribution in [0.15, 0.2) is 24.3 Å². The Bertz CT molecular complexity index is 609. The van der Waals surface area contributed by atoms with E-state index in [4.69, 9.17) is 9.47 Å². The number of benzene rings is 1. The van der Waals surface area contributed by atoms with E-state index in [1.165, 1.54) is 0 Å². The van der Waals surface area contributed by atoms with Gasteiger partial charge in [-0.15, -0.1) is 0 Å². The summed E-state index contributed by atoms with van der Waals surface area (Å²) in [7, 11) is 3.27. The van der Waals surface area contributed by atoms with Crippen molar-refractivity contribution in [2.45, 2.75) is 26.8 Å². The van der Waals surface area contributed by atoms with Crippen LogP contribution in [0.2, 0.25) is 0 Å². The topological polar surface area (TPSA) is 56.3 Å². The molecule has 0 spiro atoms. The summed E-state index contributed by atoms with van der Waals surface area (Å²) >= 11 is 0. The molecular weight excluding hydrogens is 266 g/mol. The van der Waals surface area contributed by atoms with Gasteiger partial charge in [0.15, 0.2) is 11.5 Å². The van der Waals surface area contributed by atoms with Crippen molar-refractivity contribution in [1.29, 1.82) is 0 Å². The molecule has 21 heavy (non-hydrogen) atoms. The number of rotatable bonds is 5. The Morgan fingerprint density at radius 2 is 1.71 bits per heavy atom. The van der Waals surface area contributed by atoms with Crippen LogP contribution >= 0.6 is 0 Å². The number of hydrogen-bond donors (Lipinski definition) is 1. The largest absolute Gasteiger partial charge is 0.493 e. The van der Waals surface area contributed by atoms with Gasteiger partial charge in [0.2, 0.25) is 0 Å². The van der Waals surface area contributed by atoms with Gasteiger partial charge in [0.1, 0.15) is 11.6 Å². The molecule has 2 aromatic rings. The predicted octanol–water partition coefficient (Wildman–Crippen LogP) is 3.28. The molecule has 2 rings (SSSR count). The number of methoxy groups -OCH3 is 2. The monoisotopic (exact) mass is 287 g/mol. The summed E-state index contributed by atoms with van der Waals surface area (Å²) in [5, 5.41) is 3.38. The molecule has 0 amide bonds. The van der Waals surface area contributed by atoms with Gasteiger partial charge in [-0.2, -0.15) is 0 Å². The van der Waals surface area contributed by atoms with Gasteiger partial charge < -0.3 is 14.8 Å². The van der Waals surface area contributed by atoms with Gasteiger partial charge in [0.25, 0.3) is 0 Å². The van der Waals surface area contributed by atoms with E-state index in [0.717, 1.165) is 34.4 Å². The minimum Gasteiger partial charge on any atom is -0.493 e. The van der Waals surface area contributed by atoms with E-state index >= 15 is 0 Å². The molecule has 112 valence electrons. The highest BCUT2D eigenvalue weighted by Gasteiger charge is 2.11. The average molecular weight is 287 g/mol. The summed E-state index contributed by atoms with van der Waals surface area (Å²) < 4.78 is 10.6. The number of ether oxygens (including phenoxy) is 2. The summed E-state index contributed by atoms with van der Waals surface area (Å²) in [6, 6.07) is 7.92. The van der Waals surface area contributed by atoms with Crippen molar-refractivity contribution in [3.05, 3.63) is 41.3 Å². The van der Waals surface area contributed by atoms with Gasteiger partial charge in [-0.3, -0.25) is 0 Å². The van der Waals surface area contributed by atoms with E-state index in [2.05, 4.69) is 22.2 Å². The first-order chi connectivity index (χ1) is 10.0. The third kappa shape index (κ3) is 3.62. The van der Waals surface area contributed by atoms with Crippen LogP contribution in [0.5, 0.6) is 11.5 Å². The highest BCUT2D eigenvalue weighted by Crippen LogP contribution is 2.30. The molecule has 0 aliphatic heterocycles. The minimum absolute atomic E-state index is 0.0958. The van der Waals surface area contributed by atoms with Crippen molar-refractivity contribution in [3.63, 3.8) is 0 Å².